The molecular weight excluding hydrogens is 333 g/mol. The first kappa shape index (κ1) is 16.6. The number of halogens is 2. The van der Waals surface area contributed by atoms with Gasteiger partial charge in [0.05, 0.1) is 17.1 Å². The van der Waals surface area contributed by atoms with Crippen molar-refractivity contribution in [1.29, 1.82) is 0 Å². The van der Waals surface area contributed by atoms with Crippen LogP contribution in [0, 0.1) is 5.82 Å². The summed E-state index contributed by atoms with van der Waals surface area (Å²) in [5.74, 6) is 0.631. The van der Waals surface area contributed by atoms with Crippen LogP contribution in [0.5, 0.6) is 11.5 Å². The van der Waals surface area contributed by atoms with E-state index >= 15 is 0 Å². The quantitative estimate of drug-likeness (QED) is 0.843. The fourth-order valence-electron chi connectivity index (χ4n) is 2.59. The fourth-order valence-corrected chi connectivity index (χ4v) is 2.84. The van der Waals surface area contributed by atoms with Crippen molar-refractivity contribution >= 4 is 17.5 Å². The number of likely N-dealkylation sites (N-methyl/N-ethyl adjacent to an activating group) is 1. The minimum atomic E-state index is -0.472. The highest BCUT2D eigenvalue weighted by atomic mass is 35.5. The Morgan fingerprint density at radius 3 is 2.75 bits per heavy atom. The van der Waals surface area contributed by atoms with Crippen molar-refractivity contribution < 1.29 is 18.7 Å². The summed E-state index contributed by atoms with van der Waals surface area (Å²) in [6.45, 7) is 3.07. The Balaban J connectivity index is 1.72. The topological polar surface area (TPSA) is 38.8 Å². The zero-order valence-electron chi connectivity index (χ0n) is 13.2. The summed E-state index contributed by atoms with van der Waals surface area (Å²) in [4.78, 5) is 14.3. The second-order valence-corrected chi connectivity index (χ2v) is 5.87. The molecule has 1 atom stereocenters. The molecule has 0 saturated carbocycles. The van der Waals surface area contributed by atoms with Crippen LogP contribution in [0.15, 0.2) is 42.5 Å². The highest BCUT2D eigenvalue weighted by Crippen LogP contribution is 2.31. The van der Waals surface area contributed by atoms with Crippen molar-refractivity contribution in [3.05, 3.63) is 58.9 Å². The lowest BCUT2D eigenvalue weighted by molar-refractivity contribution is 0.0475. The van der Waals surface area contributed by atoms with Crippen molar-refractivity contribution in [2.45, 2.75) is 13.0 Å². The Hall–Kier alpha value is -2.27. The molecule has 4 nitrogen and oxygen atoms in total. The molecule has 0 spiro atoms. The first-order valence-electron chi connectivity index (χ1n) is 7.71. The van der Waals surface area contributed by atoms with E-state index in [1.54, 1.807) is 4.90 Å². The molecule has 0 saturated heterocycles. The SMILES string of the molecule is CCN(CC1COc2ccccc2O1)C(=O)c1ccc(F)cc1Cl. The average molecular weight is 350 g/mol. The van der Waals surface area contributed by atoms with Gasteiger partial charge in [0.1, 0.15) is 12.4 Å². The van der Waals surface area contributed by atoms with Gasteiger partial charge in [-0.15, -0.1) is 0 Å². The molecule has 2 aromatic carbocycles. The van der Waals surface area contributed by atoms with Crippen LogP contribution in [0.25, 0.3) is 0 Å². The number of hydrogen-bond acceptors (Lipinski definition) is 3. The molecule has 0 radical (unpaired) electrons. The van der Waals surface area contributed by atoms with Crippen LogP contribution in [0.3, 0.4) is 0 Å². The number of amides is 1. The molecule has 1 heterocycles. The average Bonchev–Trinajstić information content (AvgIpc) is 2.59. The predicted molar refractivity (Wildman–Crippen MR) is 89.3 cm³/mol. The Bertz CT molecular complexity index is 753. The van der Waals surface area contributed by atoms with Crippen molar-refractivity contribution in [3.63, 3.8) is 0 Å². The minimum Gasteiger partial charge on any atom is -0.486 e. The van der Waals surface area contributed by atoms with Gasteiger partial charge in [0.25, 0.3) is 5.91 Å². The molecule has 1 amide bonds. The number of benzene rings is 2. The fraction of sp³-hybridized carbons (Fsp3) is 0.278. The number of ether oxygens (including phenoxy) is 2. The van der Waals surface area contributed by atoms with E-state index in [2.05, 4.69) is 0 Å². The maximum atomic E-state index is 13.2. The largest absolute Gasteiger partial charge is 0.486 e. The summed E-state index contributed by atoms with van der Waals surface area (Å²) in [6.07, 6.45) is -0.275. The van der Waals surface area contributed by atoms with Gasteiger partial charge >= 0.3 is 0 Å². The smallest absolute Gasteiger partial charge is 0.255 e. The number of hydrogen-bond donors (Lipinski definition) is 0. The van der Waals surface area contributed by atoms with Crippen LogP contribution >= 0.6 is 11.6 Å². The molecule has 1 aliphatic heterocycles. The van der Waals surface area contributed by atoms with Crippen LogP contribution in [-0.4, -0.2) is 36.6 Å². The van der Waals surface area contributed by atoms with E-state index in [4.69, 9.17) is 21.1 Å². The normalized spacial score (nSPS) is 15.9. The van der Waals surface area contributed by atoms with Crippen LogP contribution < -0.4 is 9.47 Å². The van der Waals surface area contributed by atoms with Crippen molar-refractivity contribution in [1.82, 2.24) is 4.90 Å². The molecule has 126 valence electrons. The molecule has 0 aliphatic carbocycles. The second kappa shape index (κ2) is 7.09. The van der Waals surface area contributed by atoms with Gasteiger partial charge in [-0.05, 0) is 37.3 Å². The van der Waals surface area contributed by atoms with E-state index in [0.29, 0.717) is 31.2 Å². The number of carbonyl (C=O) groups is 1. The Morgan fingerprint density at radius 2 is 2.04 bits per heavy atom. The van der Waals surface area contributed by atoms with Gasteiger partial charge < -0.3 is 14.4 Å². The molecule has 6 heteroatoms. The predicted octanol–water partition coefficient (Wildman–Crippen LogP) is 3.78. The van der Waals surface area contributed by atoms with Gasteiger partial charge in [-0.25, -0.2) is 4.39 Å². The zero-order chi connectivity index (χ0) is 17.1. The molecule has 0 N–H and O–H groups in total. The molecule has 0 fully saturated rings. The van der Waals surface area contributed by atoms with Crippen LogP contribution in [-0.2, 0) is 0 Å². The first-order chi connectivity index (χ1) is 11.6. The highest BCUT2D eigenvalue weighted by molar-refractivity contribution is 6.33. The van der Waals surface area contributed by atoms with E-state index in [1.165, 1.54) is 12.1 Å². The summed E-state index contributed by atoms with van der Waals surface area (Å²) >= 11 is 5.99. The third kappa shape index (κ3) is 3.46. The van der Waals surface area contributed by atoms with Crippen LogP contribution in [0.2, 0.25) is 5.02 Å². The maximum absolute atomic E-state index is 13.2. The number of rotatable bonds is 4. The number of fused-ring (bicyclic) bond motifs is 1. The minimum absolute atomic E-state index is 0.101. The van der Waals surface area contributed by atoms with Gasteiger partial charge in [0.2, 0.25) is 0 Å². The summed E-state index contributed by atoms with van der Waals surface area (Å²) in [6, 6.07) is 11.2. The molecule has 3 rings (SSSR count). The van der Waals surface area contributed by atoms with Crippen LogP contribution in [0.1, 0.15) is 17.3 Å². The number of para-hydroxylation sites is 2. The van der Waals surface area contributed by atoms with Crippen molar-refractivity contribution in [2.75, 3.05) is 19.7 Å². The molecule has 24 heavy (non-hydrogen) atoms. The third-order valence-corrected chi connectivity index (χ3v) is 4.13. The van der Waals surface area contributed by atoms with Crippen molar-refractivity contribution in [2.24, 2.45) is 0 Å². The van der Waals surface area contributed by atoms with Gasteiger partial charge in [-0.3, -0.25) is 4.79 Å². The van der Waals surface area contributed by atoms with E-state index in [-0.39, 0.29) is 22.6 Å². The van der Waals surface area contributed by atoms with Gasteiger partial charge in [-0.1, -0.05) is 23.7 Å². The summed E-state index contributed by atoms with van der Waals surface area (Å²) < 4.78 is 24.7. The standard InChI is InChI=1S/C18H17ClFNO3/c1-2-21(18(22)14-8-7-12(20)9-15(14)19)10-13-11-23-16-5-3-4-6-17(16)24-13/h3-9,13H,2,10-11H2,1H3. The molecule has 0 aromatic heterocycles. The van der Waals surface area contributed by atoms with E-state index in [0.717, 1.165) is 6.07 Å². The Morgan fingerprint density at radius 1 is 1.29 bits per heavy atom. The maximum Gasteiger partial charge on any atom is 0.255 e. The van der Waals surface area contributed by atoms with Gasteiger partial charge in [0.15, 0.2) is 17.6 Å². The summed E-state index contributed by atoms with van der Waals surface area (Å²) in [5, 5.41) is 0.101. The zero-order valence-corrected chi connectivity index (χ0v) is 13.9. The number of nitrogens with zero attached hydrogens (tertiary/aromatic N) is 1. The summed E-state index contributed by atoms with van der Waals surface area (Å²) in [5.41, 5.74) is 0.275. The lowest BCUT2D eigenvalue weighted by Gasteiger charge is -2.31. The van der Waals surface area contributed by atoms with E-state index in [9.17, 15) is 9.18 Å². The molecule has 1 unspecified atom stereocenters. The van der Waals surface area contributed by atoms with E-state index in [1.807, 2.05) is 31.2 Å². The second-order valence-electron chi connectivity index (χ2n) is 5.47. The molecule has 0 bridgehead atoms. The summed E-state index contributed by atoms with van der Waals surface area (Å²) in [7, 11) is 0. The third-order valence-electron chi connectivity index (χ3n) is 3.82. The molecule has 2 aromatic rings. The number of carbonyl (C=O) groups excluding carboxylic acids is 1. The van der Waals surface area contributed by atoms with Gasteiger partial charge in [0, 0.05) is 6.54 Å². The highest BCUT2D eigenvalue weighted by Gasteiger charge is 2.26. The van der Waals surface area contributed by atoms with Crippen LogP contribution in [0.4, 0.5) is 4.39 Å². The first-order valence-corrected chi connectivity index (χ1v) is 8.09. The lowest BCUT2D eigenvalue weighted by atomic mass is 10.1. The molecular formula is C18H17ClFNO3. The Labute approximate surface area is 144 Å². The molecule has 1 aliphatic rings. The Kier molecular flexibility index (Phi) is 4.90. The van der Waals surface area contributed by atoms with Crippen molar-refractivity contribution in [3.8, 4) is 11.5 Å². The van der Waals surface area contributed by atoms with E-state index < -0.39 is 5.82 Å². The monoisotopic (exact) mass is 349 g/mol. The van der Waals surface area contributed by atoms with Gasteiger partial charge in [-0.2, -0.15) is 0 Å². The lowest BCUT2D eigenvalue weighted by Crippen LogP contribution is -2.43.